The first-order valence-electron chi connectivity index (χ1n) is 4.63. The molecule has 1 aromatic rings. The molecule has 1 amide bonds. The standard InChI is InChI=1S/C9H16N4O/c1-7(2)5-11-9(14)6-13-4-3-8(10)12-13/h3-4,7H,5-6H2,1-2H3,(H2,10,12)(H,11,14). The van der Waals surface area contributed by atoms with E-state index in [1.807, 2.05) is 13.8 Å². The first-order valence-corrected chi connectivity index (χ1v) is 4.63. The Labute approximate surface area is 83.3 Å². The molecular weight excluding hydrogens is 180 g/mol. The predicted octanol–water partition coefficient (Wildman–Crippen LogP) is 0.237. The van der Waals surface area contributed by atoms with Gasteiger partial charge in [0.1, 0.15) is 12.4 Å². The quantitative estimate of drug-likeness (QED) is 0.724. The van der Waals surface area contributed by atoms with Crippen molar-refractivity contribution in [1.82, 2.24) is 15.1 Å². The van der Waals surface area contributed by atoms with E-state index in [1.54, 1.807) is 12.3 Å². The van der Waals surface area contributed by atoms with E-state index in [-0.39, 0.29) is 12.5 Å². The number of nitrogens with zero attached hydrogens (tertiary/aromatic N) is 2. The maximum Gasteiger partial charge on any atom is 0.241 e. The second-order valence-electron chi connectivity index (χ2n) is 3.64. The molecule has 0 saturated carbocycles. The second kappa shape index (κ2) is 4.64. The van der Waals surface area contributed by atoms with Crippen LogP contribution in [0.3, 0.4) is 0 Å². The van der Waals surface area contributed by atoms with Crippen LogP contribution in [0.5, 0.6) is 0 Å². The number of carbonyl (C=O) groups is 1. The van der Waals surface area contributed by atoms with Gasteiger partial charge in [0, 0.05) is 12.7 Å². The van der Waals surface area contributed by atoms with Gasteiger partial charge in [-0.1, -0.05) is 13.8 Å². The Bertz CT molecular complexity index is 306. The lowest BCUT2D eigenvalue weighted by atomic mass is 10.2. The second-order valence-corrected chi connectivity index (χ2v) is 3.64. The van der Waals surface area contributed by atoms with Crippen molar-refractivity contribution < 1.29 is 4.79 Å². The first kappa shape index (κ1) is 10.6. The molecule has 0 fully saturated rings. The van der Waals surface area contributed by atoms with Crippen molar-refractivity contribution in [2.24, 2.45) is 5.92 Å². The molecule has 1 aromatic heterocycles. The molecule has 5 heteroatoms. The van der Waals surface area contributed by atoms with Crippen LogP contribution in [-0.2, 0) is 11.3 Å². The van der Waals surface area contributed by atoms with Crippen LogP contribution in [0.15, 0.2) is 12.3 Å². The maximum atomic E-state index is 11.3. The van der Waals surface area contributed by atoms with Gasteiger partial charge >= 0.3 is 0 Å². The number of hydrogen-bond acceptors (Lipinski definition) is 3. The minimum absolute atomic E-state index is 0.0400. The molecule has 0 atom stereocenters. The van der Waals surface area contributed by atoms with E-state index in [0.29, 0.717) is 18.3 Å². The van der Waals surface area contributed by atoms with Crippen LogP contribution in [0.4, 0.5) is 5.82 Å². The fourth-order valence-corrected chi connectivity index (χ4v) is 0.986. The molecule has 0 aliphatic carbocycles. The Hall–Kier alpha value is -1.52. The summed E-state index contributed by atoms with van der Waals surface area (Å²) < 4.78 is 1.52. The zero-order valence-corrected chi connectivity index (χ0v) is 8.53. The van der Waals surface area contributed by atoms with Gasteiger partial charge in [0.25, 0.3) is 0 Å². The summed E-state index contributed by atoms with van der Waals surface area (Å²) in [5, 5.41) is 6.71. The van der Waals surface area contributed by atoms with E-state index in [9.17, 15) is 4.79 Å². The molecule has 0 unspecified atom stereocenters. The van der Waals surface area contributed by atoms with Crippen molar-refractivity contribution >= 4 is 11.7 Å². The monoisotopic (exact) mass is 196 g/mol. The molecule has 1 rings (SSSR count). The minimum Gasteiger partial charge on any atom is -0.382 e. The summed E-state index contributed by atoms with van der Waals surface area (Å²) in [6.45, 7) is 5.01. The molecule has 0 aliphatic rings. The average Bonchev–Trinajstić information content (AvgIpc) is 2.48. The smallest absolute Gasteiger partial charge is 0.241 e. The largest absolute Gasteiger partial charge is 0.382 e. The summed E-state index contributed by atoms with van der Waals surface area (Å²) in [5.74, 6) is 0.852. The van der Waals surface area contributed by atoms with Gasteiger partial charge < -0.3 is 11.1 Å². The van der Waals surface area contributed by atoms with Crippen molar-refractivity contribution in [2.45, 2.75) is 20.4 Å². The van der Waals surface area contributed by atoms with E-state index in [1.165, 1.54) is 4.68 Å². The van der Waals surface area contributed by atoms with Gasteiger partial charge in [-0.25, -0.2) is 0 Å². The van der Waals surface area contributed by atoms with E-state index >= 15 is 0 Å². The highest BCUT2D eigenvalue weighted by molar-refractivity contribution is 5.75. The molecule has 14 heavy (non-hydrogen) atoms. The Kier molecular flexibility index (Phi) is 3.50. The Morgan fingerprint density at radius 2 is 2.43 bits per heavy atom. The lowest BCUT2D eigenvalue weighted by Crippen LogP contribution is -2.30. The summed E-state index contributed by atoms with van der Waals surface area (Å²) in [4.78, 5) is 11.3. The van der Waals surface area contributed by atoms with Gasteiger partial charge in [0.2, 0.25) is 5.91 Å². The molecule has 0 aromatic carbocycles. The van der Waals surface area contributed by atoms with E-state index in [4.69, 9.17) is 5.73 Å². The number of amides is 1. The van der Waals surface area contributed by atoms with Crippen LogP contribution in [0.2, 0.25) is 0 Å². The third-order valence-electron chi connectivity index (χ3n) is 1.67. The number of nitrogens with one attached hydrogen (secondary N) is 1. The normalized spacial score (nSPS) is 10.5. The van der Waals surface area contributed by atoms with Gasteiger partial charge in [0.15, 0.2) is 0 Å². The fourth-order valence-electron chi connectivity index (χ4n) is 0.986. The summed E-state index contributed by atoms with van der Waals surface area (Å²) in [7, 11) is 0. The molecule has 0 saturated heterocycles. The van der Waals surface area contributed by atoms with Gasteiger partial charge in [-0.2, -0.15) is 5.10 Å². The molecule has 0 spiro atoms. The summed E-state index contributed by atoms with van der Waals surface area (Å²) >= 11 is 0. The van der Waals surface area contributed by atoms with Crippen LogP contribution in [-0.4, -0.2) is 22.2 Å². The summed E-state index contributed by atoms with van der Waals surface area (Å²) in [6, 6.07) is 1.66. The van der Waals surface area contributed by atoms with Gasteiger partial charge in [-0.3, -0.25) is 9.48 Å². The summed E-state index contributed by atoms with van der Waals surface area (Å²) in [6.07, 6.45) is 1.68. The molecule has 1 heterocycles. The predicted molar refractivity (Wildman–Crippen MR) is 54.5 cm³/mol. The van der Waals surface area contributed by atoms with Crippen molar-refractivity contribution in [1.29, 1.82) is 0 Å². The number of aromatic nitrogens is 2. The van der Waals surface area contributed by atoms with Crippen molar-refractivity contribution in [3.05, 3.63) is 12.3 Å². The third kappa shape index (κ3) is 3.47. The molecule has 0 radical (unpaired) electrons. The average molecular weight is 196 g/mol. The Morgan fingerprint density at radius 3 is 2.93 bits per heavy atom. The van der Waals surface area contributed by atoms with Crippen LogP contribution >= 0.6 is 0 Å². The topological polar surface area (TPSA) is 72.9 Å². The first-order chi connectivity index (χ1) is 6.58. The zero-order chi connectivity index (χ0) is 10.6. The molecule has 0 aliphatic heterocycles. The third-order valence-corrected chi connectivity index (χ3v) is 1.67. The van der Waals surface area contributed by atoms with Crippen molar-refractivity contribution in [3.63, 3.8) is 0 Å². The molecule has 5 nitrogen and oxygen atoms in total. The van der Waals surface area contributed by atoms with Crippen LogP contribution < -0.4 is 11.1 Å². The molecule has 78 valence electrons. The minimum atomic E-state index is -0.0400. The highest BCUT2D eigenvalue weighted by Gasteiger charge is 2.03. The van der Waals surface area contributed by atoms with Crippen LogP contribution in [0, 0.1) is 5.92 Å². The van der Waals surface area contributed by atoms with Crippen LogP contribution in [0.25, 0.3) is 0 Å². The number of nitrogens with two attached hydrogens (primary N) is 1. The van der Waals surface area contributed by atoms with Crippen molar-refractivity contribution in [2.75, 3.05) is 12.3 Å². The van der Waals surface area contributed by atoms with E-state index in [0.717, 1.165) is 0 Å². The molecular formula is C9H16N4O. The summed E-state index contributed by atoms with van der Waals surface area (Å²) in [5.41, 5.74) is 5.41. The zero-order valence-electron chi connectivity index (χ0n) is 8.53. The number of carbonyl (C=O) groups excluding carboxylic acids is 1. The highest BCUT2D eigenvalue weighted by Crippen LogP contribution is 1.95. The van der Waals surface area contributed by atoms with Gasteiger partial charge in [0.05, 0.1) is 0 Å². The van der Waals surface area contributed by atoms with E-state index < -0.39 is 0 Å². The Morgan fingerprint density at radius 1 is 1.71 bits per heavy atom. The lowest BCUT2D eigenvalue weighted by Gasteiger charge is -2.07. The maximum absolute atomic E-state index is 11.3. The number of hydrogen-bond donors (Lipinski definition) is 2. The number of rotatable bonds is 4. The van der Waals surface area contributed by atoms with E-state index in [2.05, 4.69) is 10.4 Å². The lowest BCUT2D eigenvalue weighted by molar-refractivity contribution is -0.122. The van der Waals surface area contributed by atoms with Gasteiger partial charge in [-0.05, 0) is 12.0 Å². The highest BCUT2D eigenvalue weighted by atomic mass is 16.2. The molecule has 0 bridgehead atoms. The van der Waals surface area contributed by atoms with Gasteiger partial charge in [-0.15, -0.1) is 0 Å². The SMILES string of the molecule is CC(C)CNC(=O)Cn1ccc(N)n1. The number of nitrogen functional groups attached to an aromatic ring is 1. The fraction of sp³-hybridized carbons (Fsp3) is 0.556. The van der Waals surface area contributed by atoms with Crippen molar-refractivity contribution in [3.8, 4) is 0 Å². The number of anilines is 1. The van der Waals surface area contributed by atoms with Crippen LogP contribution in [0.1, 0.15) is 13.8 Å². The Balaban J connectivity index is 2.34. The molecule has 3 N–H and O–H groups in total.